The average molecular weight is 499 g/mol. The van der Waals surface area contributed by atoms with E-state index in [1.54, 1.807) is 12.3 Å². The van der Waals surface area contributed by atoms with Crippen molar-refractivity contribution in [1.82, 2.24) is 5.43 Å². The fraction of sp³-hybridized carbons (Fsp3) is 0.0370. The standard InChI is InChI=1S/C27H19BrN2O3/c28-22-10-13-25-21(14-22)15-26(33-25)27(31)30-29-16-18-8-11-23(12-9-18)32-17-20-6-3-5-19-4-1-2-7-24(19)20/h1-16H,17H2,(H,30,31)/b29-16+. The number of hydrogen-bond acceptors (Lipinski definition) is 4. The normalized spacial score (nSPS) is 11.3. The summed E-state index contributed by atoms with van der Waals surface area (Å²) in [5, 5.41) is 7.26. The van der Waals surface area contributed by atoms with Gasteiger partial charge in [-0.3, -0.25) is 4.79 Å². The van der Waals surface area contributed by atoms with Crippen molar-refractivity contribution in [3.8, 4) is 5.75 Å². The number of rotatable bonds is 6. The molecule has 0 atom stereocenters. The maximum Gasteiger partial charge on any atom is 0.307 e. The molecule has 0 bridgehead atoms. The Bertz CT molecular complexity index is 1470. The van der Waals surface area contributed by atoms with E-state index in [2.05, 4.69) is 50.7 Å². The second-order valence-electron chi connectivity index (χ2n) is 7.49. The van der Waals surface area contributed by atoms with Gasteiger partial charge in [-0.2, -0.15) is 5.10 Å². The number of carbonyl (C=O) groups excluding carboxylic acids is 1. The first-order valence-corrected chi connectivity index (χ1v) is 11.2. The highest BCUT2D eigenvalue weighted by molar-refractivity contribution is 9.10. The van der Waals surface area contributed by atoms with Crippen molar-refractivity contribution in [3.05, 3.63) is 112 Å². The van der Waals surface area contributed by atoms with E-state index in [1.165, 1.54) is 10.8 Å². The van der Waals surface area contributed by atoms with Crippen LogP contribution in [-0.4, -0.2) is 12.1 Å². The smallest absolute Gasteiger partial charge is 0.307 e. The molecule has 5 aromatic rings. The first kappa shape index (κ1) is 21.0. The molecule has 6 heteroatoms. The summed E-state index contributed by atoms with van der Waals surface area (Å²) >= 11 is 3.41. The number of hydrazone groups is 1. The average Bonchev–Trinajstić information content (AvgIpc) is 3.27. The minimum Gasteiger partial charge on any atom is -0.489 e. The summed E-state index contributed by atoms with van der Waals surface area (Å²) in [6.07, 6.45) is 1.58. The Morgan fingerprint density at radius 1 is 0.939 bits per heavy atom. The van der Waals surface area contributed by atoms with Crippen molar-refractivity contribution in [2.45, 2.75) is 6.61 Å². The number of nitrogens with zero attached hydrogens (tertiary/aromatic N) is 1. The van der Waals surface area contributed by atoms with E-state index in [0.717, 1.165) is 26.7 Å². The highest BCUT2D eigenvalue weighted by Crippen LogP contribution is 2.23. The van der Waals surface area contributed by atoms with Crippen LogP contribution in [0.4, 0.5) is 0 Å². The third-order valence-electron chi connectivity index (χ3n) is 5.24. The number of nitrogens with one attached hydrogen (secondary N) is 1. The van der Waals surface area contributed by atoms with E-state index >= 15 is 0 Å². The molecular formula is C27H19BrN2O3. The summed E-state index contributed by atoms with van der Waals surface area (Å²) in [4.78, 5) is 12.3. The third kappa shape index (κ3) is 4.81. The van der Waals surface area contributed by atoms with Crippen molar-refractivity contribution in [3.63, 3.8) is 0 Å². The molecule has 1 amide bonds. The van der Waals surface area contributed by atoms with Crippen LogP contribution < -0.4 is 10.2 Å². The molecule has 0 radical (unpaired) electrons. The lowest BCUT2D eigenvalue weighted by atomic mass is 10.1. The molecule has 0 saturated heterocycles. The van der Waals surface area contributed by atoms with Gasteiger partial charge in [-0.25, -0.2) is 5.43 Å². The highest BCUT2D eigenvalue weighted by Gasteiger charge is 2.11. The molecule has 5 rings (SSSR count). The van der Waals surface area contributed by atoms with Crippen LogP contribution in [0.3, 0.4) is 0 Å². The Labute approximate surface area is 198 Å². The molecule has 1 aromatic heterocycles. The fourth-order valence-corrected chi connectivity index (χ4v) is 3.95. The van der Waals surface area contributed by atoms with Gasteiger partial charge in [-0.1, -0.05) is 58.4 Å². The van der Waals surface area contributed by atoms with Gasteiger partial charge in [0.25, 0.3) is 0 Å². The molecule has 33 heavy (non-hydrogen) atoms. The zero-order valence-corrected chi connectivity index (χ0v) is 19.1. The summed E-state index contributed by atoms with van der Waals surface area (Å²) in [7, 11) is 0. The Morgan fingerprint density at radius 3 is 2.64 bits per heavy atom. The summed E-state index contributed by atoms with van der Waals surface area (Å²) in [6, 6.07) is 29.3. The summed E-state index contributed by atoms with van der Waals surface area (Å²) in [6.45, 7) is 0.485. The van der Waals surface area contributed by atoms with E-state index in [-0.39, 0.29) is 5.76 Å². The lowest BCUT2D eigenvalue weighted by Crippen LogP contribution is -2.16. The maximum absolute atomic E-state index is 12.3. The van der Waals surface area contributed by atoms with E-state index in [9.17, 15) is 4.79 Å². The van der Waals surface area contributed by atoms with Gasteiger partial charge < -0.3 is 9.15 Å². The topological polar surface area (TPSA) is 63.8 Å². The predicted octanol–water partition coefficient (Wildman–Crippen LogP) is 6.69. The van der Waals surface area contributed by atoms with Gasteiger partial charge in [0.15, 0.2) is 5.76 Å². The molecule has 0 unspecified atom stereocenters. The number of hydrogen-bond donors (Lipinski definition) is 1. The first-order chi connectivity index (χ1) is 16.2. The van der Waals surface area contributed by atoms with Crippen LogP contribution in [-0.2, 0) is 6.61 Å². The van der Waals surface area contributed by atoms with Crippen LogP contribution >= 0.6 is 15.9 Å². The molecule has 162 valence electrons. The third-order valence-corrected chi connectivity index (χ3v) is 5.73. The van der Waals surface area contributed by atoms with Gasteiger partial charge in [0.2, 0.25) is 0 Å². The quantitative estimate of drug-likeness (QED) is 0.209. The first-order valence-electron chi connectivity index (χ1n) is 10.4. The van der Waals surface area contributed by atoms with Crippen molar-refractivity contribution in [2.24, 2.45) is 5.10 Å². The molecule has 0 fully saturated rings. The minimum absolute atomic E-state index is 0.206. The van der Waals surface area contributed by atoms with Crippen LogP contribution in [0.5, 0.6) is 5.75 Å². The van der Waals surface area contributed by atoms with Crippen molar-refractivity contribution in [1.29, 1.82) is 0 Å². The SMILES string of the molecule is O=C(N/N=C/c1ccc(OCc2cccc3ccccc23)cc1)c1cc2cc(Br)ccc2o1. The summed E-state index contributed by atoms with van der Waals surface area (Å²) in [5.74, 6) is 0.559. The number of carbonyl (C=O) groups is 1. The van der Waals surface area contributed by atoms with Crippen LogP contribution in [0.25, 0.3) is 21.7 Å². The van der Waals surface area contributed by atoms with Crippen LogP contribution in [0.1, 0.15) is 21.7 Å². The summed E-state index contributed by atoms with van der Waals surface area (Å²) in [5.41, 5.74) is 5.11. The number of fused-ring (bicyclic) bond motifs is 2. The predicted molar refractivity (Wildman–Crippen MR) is 134 cm³/mol. The van der Waals surface area contributed by atoms with E-state index in [4.69, 9.17) is 9.15 Å². The fourth-order valence-electron chi connectivity index (χ4n) is 3.58. The van der Waals surface area contributed by atoms with Crippen LogP contribution in [0.2, 0.25) is 0 Å². The Morgan fingerprint density at radius 2 is 1.76 bits per heavy atom. The van der Waals surface area contributed by atoms with Gasteiger partial charge >= 0.3 is 5.91 Å². The molecule has 0 aliphatic rings. The number of ether oxygens (including phenoxy) is 1. The molecule has 0 aliphatic heterocycles. The number of furan rings is 1. The molecule has 0 saturated carbocycles. The van der Waals surface area contributed by atoms with Gasteiger partial charge in [0, 0.05) is 9.86 Å². The van der Waals surface area contributed by atoms with Crippen molar-refractivity contribution < 1.29 is 13.9 Å². The largest absolute Gasteiger partial charge is 0.489 e. The molecule has 1 heterocycles. The highest BCUT2D eigenvalue weighted by atomic mass is 79.9. The molecule has 0 spiro atoms. The van der Waals surface area contributed by atoms with Gasteiger partial charge in [-0.15, -0.1) is 0 Å². The molecule has 1 N–H and O–H groups in total. The van der Waals surface area contributed by atoms with Gasteiger partial charge in [-0.05, 0) is 70.4 Å². The zero-order chi connectivity index (χ0) is 22.6. The monoisotopic (exact) mass is 498 g/mol. The lowest BCUT2D eigenvalue weighted by Gasteiger charge is -2.09. The Kier molecular flexibility index (Phi) is 5.91. The van der Waals surface area contributed by atoms with Gasteiger partial charge in [0.05, 0.1) is 6.21 Å². The molecule has 5 nitrogen and oxygen atoms in total. The summed E-state index contributed by atoms with van der Waals surface area (Å²) < 4.78 is 12.5. The zero-order valence-electron chi connectivity index (χ0n) is 17.5. The van der Waals surface area contributed by atoms with Crippen LogP contribution in [0.15, 0.2) is 105 Å². The number of amides is 1. The maximum atomic E-state index is 12.3. The Hall–Kier alpha value is -3.90. The lowest BCUT2D eigenvalue weighted by molar-refractivity contribution is 0.0929. The van der Waals surface area contributed by atoms with E-state index < -0.39 is 5.91 Å². The van der Waals surface area contributed by atoms with Gasteiger partial charge in [0.1, 0.15) is 17.9 Å². The van der Waals surface area contributed by atoms with E-state index in [1.807, 2.05) is 60.7 Å². The molecular weight excluding hydrogens is 480 g/mol. The van der Waals surface area contributed by atoms with Crippen molar-refractivity contribution >= 4 is 49.8 Å². The second kappa shape index (κ2) is 9.30. The minimum atomic E-state index is -0.409. The number of halogens is 1. The van der Waals surface area contributed by atoms with Crippen molar-refractivity contribution in [2.75, 3.05) is 0 Å². The van der Waals surface area contributed by atoms with Crippen LogP contribution in [0, 0.1) is 0 Å². The van der Waals surface area contributed by atoms with E-state index in [0.29, 0.717) is 12.2 Å². The molecule has 4 aromatic carbocycles. The number of benzene rings is 4. The Balaban J connectivity index is 1.19. The molecule has 0 aliphatic carbocycles. The second-order valence-corrected chi connectivity index (χ2v) is 8.40.